The summed E-state index contributed by atoms with van der Waals surface area (Å²) in [7, 11) is 0. The monoisotopic (exact) mass is 486 g/mol. The van der Waals surface area contributed by atoms with E-state index in [9.17, 15) is 4.79 Å². The standard InChI is InChI=1S/C33H42OS/c34-30(17-9-7-5-3-1-2-4-6-8-12-25-35)18-11-10-14-26-19-20-29-22-21-27-15-13-16-28-23-24-31(26)33(29)32(27)28/h13,15-16,19-24,35H,1-12,14,17-18,25H2. The maximum atomic E-state index is 12.4. The van der Waals surface area contributed by atoms with E-state index in [1.54, 1.807) is 0 Å². The number of Topliss-reactive ketones (excluding diaryl/α,β-unsaturated/α-hetero) is 1. The Hall–Kier alpha value is -2.06. The molecule has 4 aromatic carbocycles. The van der Waals surface area contributed by atoms with Crippen LogP contribution in [0.2, 0.25) is 0 Å². The van der Waals surface area contributed by atoms with Crippen LogP contribution < -0.4 is 0 Å². The lowest BCUT2D eigenvalue weighted by molar-refractivity contribution is -0.119. The van der Waals surface area contributed by atoms with Crippen LogP contribution in [0.15, 0.2) is 54.6 Å². The first-order chi connectivity index (χ1) is 17.3. The molecule has 4 aromatic rings. The lowest BCUT2D eigenvalue weighted by Gasteiger charge is -2.14. The van der Waals surface area contributed by atoms with Crippen molar-refractivity contribution in [2.24, 2.45) is 0 Å². The molecule has 0 fully saturated rings. The van der Waals surface area contributed by atoms with Crippen molar-refractivity contribution in [2.45, 2.75) is 96.3 Å². The molecule has 0 saturated carbocycles. The SMILES string of the molecule is O=C(CCCCCCCCCCCCS)CCCCc1ccc2ccc3cccc4ccc1c2c34. The largest absolute Gasteiger partial charge is 0.300 e. The molecule has 0 N–H and O–H groups in total. The minimum Gasteiger partial charge on any atom is -0.300 e. The van der Waals surface area contributed by atoms with E-state index < -0.39 is 0 Å². The van der Waals surface area contributed by atoms with Gasteiger partial charge in [-0.15, -0.1) is 0 Å². The highest BCUT2D eigenvalue weighted by Gasteiger charge is 2.11. The molecule has 186 valence electrons. The molecule has 0 saturated heterocycles. The average molecular weight is 487 g/mol. The Morgan fingerprint density at radius 1 is 0.543 bits per heavy atom. The average Bonchev–Trinajstić information content (AvgIpc) is 2.89. The molecule has 4 rings (SSSR count). The van der Waals surface area contributed by atoms with Crippen molar-refractivity contribution >= 4 is 50.7 Å². The molecule has 2 heteroatoms. The van der Waals surface area contributed by atoms with Crippen LogP contribution in [0.1, 0.15) is 95.5 Å². The maximum absolute atomic E-state index is 12.4. The van der Waals surface area contributed by atoms with Crippen molar-refractivity contribution in [2.75, 3.05) is 5.75 Å². The molecular formula is C33H42OS. The Morgan fingerprint density at radius 3 is 1.71 bits per heavy atom. The van der Waals surface area contributed by atoms with Gasteiger partial charge in [0.25, 0.3) is 0 Å². The summed E-state index contributed by atoms with van der Waals surface area (Å²) < 4.78 is 0. The zero-order chi connectivity index (χ0) is 24.3. The number of aryl methyl sites for hydroxylation is 1. The number of carbonyl (C=O) groups excluding carboxylic acids is 1. The summed E-state index contributed by atoms with van der Waals surface area (Å²) in [5, 5.41) is 8.15. The normalized spacial score (nSPS) is 11.8. The summed E-state index contributed by atoms with van der Waals surface area (Å²) in [5.74, 6) is 1.49. The summed E-state index contributed by atoms with van der Waals surface area (Å²) in [4.78, 5) is 12.4. The number of hydrogen-bond acceptors (Lipinski definition) is 2. The minimum atomic E-state index is 0.463. The lowest BCUT2D eigenvalue weighted by atomic mass is 9.90. The van der Waals surface area contributed by atoms with E-state index >= 15 is 0 Å². The highest BCUT2D eigenvalue weighted by atomic mass is 32.1. The van der Waals surface area contributed by atoms with E-state index in [1.165, 1.54) is 95.7 Å². The first-order valence-electron chi connectivity index (χ1n) is 14.1. The molecule has 1 nitrogen and oxygen atoms in total. The van der Waals surface area contributed by atoms with Crippen LogP contribution in [0.3, 0.4) is 0 Å². The molecule has 0 bridgehead atoms. The van der Waals surface area contributed by atoms with Crippen LogP contribution in [0.4, 0.5) is 0 Å². The van der Waals surface area contributed by atoms with Gasteiger partial charge in [0.2, 0.25) is 0 Å². The number of ketones is 1. The number of carbonyl (C=O) groups is 1. The van der Waals surface area contributed by atoms with Crippen LogP contribution >= 0.6 is 12.6 Å². The molecule has 35 heavy (non-hydrogen) atoms. The smallest absolute Gasteiger partial charge is 0.132 e. The molecular weight excluding hydrogens is 444 g/mol. The predicted molar refractivity (Wildman–Crippen MR) is 157 cm³/mol. The van der Waals surface area contributed by atoms with Gasteiger partial charge in [-0.25, -0.2) is 0 Å². The minimum absolute atomic E-state index is 0.463. The van der Waals surface area contributed by atoms with E-state index in [1.807, 2.05) is 0 Å². The summed E-state index contributed by atoms with van der Waals surface area (Å²) in [6.45, 7) is 0. The van der Waals surface area contributed by atoms with Crippen molar-refractivity contribution < 1.29 is 4.79 Å². The van der Waals surface area contributed by atoms with E-state index in [2.05, 4.69) is 67.2 Å². The Kier molecular flexibility index (Phi) is 10.3. The third-order valence-electron chi connectivity index (χ3n) is 7.63. The molecule has 0 atom stereocenters. The fraction of sp³-hybridized carbons (Fsp3) is 0.485. The Balaban J connectivity index is 1.13. The van der Waals surface area contributed by atoms with Gasteiger partial charge >= 0.3 is 0 Å². The quantitative estimate of drug-likeness (QED) is 0.0892. The highest BCUT2D eigenvalue weighted by molar-refractivity contribution is 7.80. The van der Waals surface area contributed by atoms with Crippen LogP contribution in [0.25, 0.3) is 32.3 Å². The molecule has 0 radical (unpaired) electrons. The molecule has 0 heterocycles. The van der Waals surface area contributed by atoms with Gasteiger partial charge in [0.05, 0.1) is 0 Å². The van der Waals surface area contributed by atoms with E-state index in [-0.39, 0.29) is 0 Å². The van der Waals surface area contributed by atoms with Crippen LogP contribution in [0.5, 0.6) is 0 Å². The van der Waals surface area contributed by atoms with Gasteiger partial charge in [-0.2, -0.15) is 12.6 Å². The van der Waals surface area contributed by atoms with Gasteiger partial charge in [0.1, 0.15) is 5.78 Å². The summed E-state index contributed by atoms with van der Waals surface area (Å²) in [5.41, 5.74) is 1.42. The third-order valence-corrected chi connectivity index (χ3v) is 7.95. The predicted octanol–water partition coefficient (Wildman–Crippen LogP) is 10.1. The van der Waals surface area contributed by atoms with Gasteiger partial charge < -0.3 is 0 Å². The van der Waals surface area contributed by atoms with E-state index in [0.717, 1.165) is 44.3 Å². The Morgan fingerprint density at radius 2 is 1.06 bits per heavy atom. The summed E-state index contributed by atoms with van der Waals surface area (Å²) >= 11 is 4.27. The second kappa shape index (κ2) is 13.9. The molecule has 0 aliphatic heterocycles. The second-order valence-electron chi connectivity index (χ2n) is 10.3. The van der Waals surface area contributed by atoms with Gasteiger partial charge in [-0.3, -0.25) is 4.79 Å². The van der Waals surface area contributed by atoms with Gasteiger partial charge in [-0.05, 0) is 75.7 Å². The fourth-order valence-corrected chi connectivity index (χ4v) is 5.85. The van der Waals surface area contributed by atoms with Crippen LogP contribution in [-0.2, 0) is 11.2 Å². The fourth-order valence-electron chi connectivity index (χ4n) is 5.62. The van der Waals surface area contributed by atoms with Crippen molar-refractivity contribution in [3.05, 3.63) is 60.2 Å². The number of unbranched alkanes of at least 4 members (excludes halogenated alkanes) is 10. The molecule has 0 aliphatic carbocycles. The first-order valence-corrected chi connectivity index (χ1v) is 14.7. The molecule has 0 aliphatic rings. The van der Waals surface area contributed by atoms with Crippen molar-refractivity contribution in [1.82, 2.24) is 0 Å². The first kappa shape index (κ1) is 26.0. The van der Waals surface area contributed by atoms with Gasteiger partial charge in [0, 0.05) is 12.8 Å². The Labute approximate surface area is 217 Å². The van der Waals surface area contributed by atoms with Crippen molar-refractivity contribution in [3.63, 3.8) is 0 Å². The topological polar surface area (TPSA) is 17.1 Å². The van der Waals surface area contributed by atoms with Crippen LogP contribution in [0, 0.1) is 0 Å². The summed E-state index contributed by atoms with van der Waals surface area (Å²) in [6.07, 6.45) is 17.7. The number of benzene rings is 4. The van der Waals surface area contributed by atoms with Gasteiger partial charge in [-0.1, -0.05) is 106 Å². The van der Waals surface area contributed by atoms with E-state index in [0.29, 0.717) is 5.78 Å². The second-order valence-corrected chi connectivity index (χ2v) is 10.8. The molecule has 0 amide bonds. The Bertz CT molecular complexity index is 1180. The van der Waals surface area contributed by atoms with Gasteiger partial charge in [0.15, 0.2) is 0 Å². The number of thiol groups is 1. The zero-order valence-electron chi connectivity index (χ0n) is 21.4. The molecule has 0 aromatic heterocycles. The molecule has 0 spiro atoms. The van der Waals surface area contributed by atoms with E-state index in [4.69, 9.17) is 0 Å². The zero-order valence-corrected chi connectivity index (χ0v) is 22.3. The van der Waals surface area contributed by atoms with Crippen molar-refractivity contribution in [1.29, 1.82) is 0 Å². The maximum Gasteiger partial charge on any atom is 0.132 e. The lowest BCUT2D eigenvalue weighted by Crippen LogP contribution is -1.98. The molecule has 0 unspecified atom stereocenters. The summed E-state index contributed by atoms with van der Waals surface area (Å²) in [6, 6.07) is 20.2. The highest BCUT2D eigenvalue weighted by Crippen LogP contribution is 2.36. The number of hydrogen-bond donors (Lipinski definition) is 1. The number of rotatable bonds is 17. The van der Waals surface area contributed by atoms with Crippen LogP contribution in [-0.4, -0.2) is 11.5 Å². The third kappa shape index (κ3) is 7.23. The van der Waals surface area contributed by atoms with Crippen molar-refractivity contribution in [3.8, 4) is 0 Å².